The summed E-state index contributed by atoms with van der Waals surface area (Å²) in [6.45, 7) is 2.29. The highest BCUT2D eigenvalue weighted by Gasteiger charge is 2.05. The zero-order valence-corrected chi connectivity index (χ0v) is 11.9. The molecule has 0 unspecified atom stereocenters. The number of nitrogens with one attached hydrogen (secondary N) is 1. The van der Waals surface area contributed by atoms with E-state index in [1.165, 1.54) is 0 Å². The number of amides is 1. The largest absolute Gasteiger partial charge is 0.326 e. The van der Waals surface area contributed by atoms with Crippen LogP contribution in [0.2, 0.25) is 0 Å². The minimum Gasteiger partial charge on any atom is -0.326 e. The third-order valence-corrected chi connectivity index (χ3v) is 2.90. The van der Waals surface area contributed by atoms with Gasteiger partial charge in [0.15, 0.2) is 0 Å². The van der Waals surface area contributed by atoms with Gasteiger partial charge in [0.1, 0.15) is 0 Å². The maximum atomic E-state index is 12.0. The zero-order chi connectivity index (χ0) is 15.1. The molecule has 0 saturated carbocycles. The van der Waals surface area contributed by atoms with Crippen LogP contribution in [-0.2, 0) is 11.2 Å². The van der Waals surface area contributed by atoms with Crippen LogP contribution in [0.4, 0.5) is 5.69 Å². The molecular weight excluding hydrogens is 262 g/mol. The Balaban J connectivity index is 2.03. The van der Waals surface area contributed by atoms with Gasteiger partial charge in [-0.05, 0) is 42.8 Å². The Kier molecular flexibility index (Phi) is 5.08. The Morgan fingerprint density at radius 1 is 1.33 bits per heavy atom. The van der Waals surface area contributed by atoms with Crippen LogP contribution in [0.15, 0.2) is 42.6 Å². The van der Waals surface area contributed by atoms with Gasteiger partial charge in [-0.2, -0.15) is 0 Å². The van der Waals surface area contributed by atoms with E-state index in [0.717, 1.165) is 22.5 Å². The number of pyridine rings is 1. The van der Waals surface area contributed by atoms with Crippen LogP contribution in [0.3, 0.4) is 0 Å². The number of nitrogens with two attached hydrogens (primary N) is 1. The van der Waals surface area contributed by atoms with Crippen molar-refractivity contribution in [1.82, 2.24) is 4.98 Å². The van der Waals surface area contributed by atoms with Crippen LogP contribution in [0.25, 0.3) is 0 Å². The van der Waals surface area contributed by atoms with Gasteiger partial charge >= 0.3 is 0 Å². The lowest BCUT2D eigenvalue weighted by atomic mass is 10.1. The number of nitrogens with zero attached hydrogens (tertiary/aromatic N) is 1. The number of carbonyl (C=O) groups is 1. The Labute approximate surface area is 124 Å². The lowest BCUT2D eigenvalue weighted by Crippen LogP contribution is -2.15. The molecule has 0 aliphatic heterocycles. The van der Waals surface area contributed by atoms with Crippen molar-refractivity contribution >= 4 is 11.6 Å². The molecule has 4 heteroatoms. The van der Waals surface area contributed by atoms with E-state index in [1.54, 1.807) is 6.20 Å². The summed E-state index contributed by atoms with van der Waals surface area (Å²) in [5.41, 5.74) is 8.79. The topological polar surface area (TPSA) is 68.0 Å². The summed E-state index contributed by atoms with van der Waals surface area (Å²) >= 11 is 0. The van der Waals surface area contributed by atoms with Gasteiger partial charge in [0, 0.05) is 23.1 Å². The van der Waals surface area contributed by atoms with Gasteiger partial charge in [-0.1, -0.05) is 17.9 Å². The second-order valence-corrected chi connectivity index (χ2v) is 4.58. The number of hydrogen-bond donors (Lipinski definition) is 2. The molecule has 1 amide bonds. The van der Waals surface area contributed by atoms with Gasteiger partial charge in [0.25, 0.3) is 0 Å². The van der Waals surface area contributed by atoms with Crippen LogP contribution >= 0.6 is 0 Å². The van der Waals surface area contributed by atoms with E-state index >= 15 is 0 Å². The average Bonchev–Trinajstić information content (AvgIpc) is 2.47. The Morgan fingerprint density at radius 2 is 2.19 bits per heavy atom. The number of rotatable bonds is 3. The van der Waals surface area contributed by atoms with E-state index in [1.807, 2.05) is 43.3 Å². The predicted molar refractivity (Wildman–Crippen MR) is 83.7 cm³/mol. The standard InChI is InChI=1S/C17H17N3O/c1-13-11-16(8-7-14(13)5-4-9-18)20-17(21)12-15-6-2-3-10-19-15/h2-3,6-8,10-11H,9,12,18H2,1H3,(H,20,21). The molecule has 0 fully saturated rings. The van der Waals surface area contributed by atoms with Crippen LogP contribution in [0.1, 0.15) is 16.8 Å². The van der Waals surface area contributed by atoms with Gasteiger partial charge in [0.05, 0.1) is 13.0 Å². The third-order valence-electron chi connectivity index (χ3n) is 2.90. The first-order valence-corrected chi connectivity index (χ1v) is 6.68. The normalized spacial score (nSPS) is 9.62. The Hall–Kier alpha value is -2.64. The summed E-state index contributed by atoms with van der Waals surface area (Å²) in [7, 11) is 0. The summed E-state index contributed by atoms with van der Waals surface area (Å²) in [6, 6.07) is 11.1. The molecule has 3 N–H and O–H groups in total. The molecule has 0 aliphatic carbocycles. The fourth-order valence-electron chi connectivity index (χ4n) is 1.90. The van der Waals surface area contributed by atoms with Crippen molar-refractivity contribution in [2.24, 2.45) is 5.73 Å². The summed E-state index contributed by atoms with van der Waals surface area (Å²) in [6.07, 6.45) is 1.94. The monoisotopic (exact) mass is 279 g/mol. The van der Waals surface area contributed by atoms with E-state index in [4.69, 9.17) is 5.73 Å². The van der Waals surface area contributed by atoms with Crippen LogP contribution in [0, 0.1) is 18.8 Å². The first kappa shape index (κ1) is 14.8. The average molecular weight is 279 g/mol. The summed E-state index contributed by atoms with van der Waals surface area (Å²) in [5, 5.41) is 2.86. The first-order chi connectivity index (χ1) is 10.2. The van der Waals surface area contributed by atoms with Crippen molar-refractivity contribution in [2.45, 2.75) is 13.3 Å². The molecular formula is C17H17N3O. The molecule has 0 atom stereocenters. The Morgan fingerprint density at radius 3 is 2.86 bits per heavy atom. The maximum Gasteiger partial charge on any atom is 0.230 e. The lowest BCUT2D eigenvalue weighted by Gasteiger charge is -2.07. The van der Waals surface area contributed by atoms with Gasteiger partial charge in [-0.15, -0.1) is 0 Å². The molecule has 4 nitrogen and oxygen atoms in total. The van der Waals surface area contributed by atoms with Crippen molar-refractivity contribution < 1.29 is 4.79 Å². The quantitative estimate of drug-likeness (QED) is 0.843. The molecule has 0 saturated heterocycles. The van der Waals surface area contributed by atoms with Crippen molar-refractivity contribution in [1.29, 1.82) is 0 Å². The first-order valence-electron chi connectivity index (χ1n) is 6.68. The number of hydrogen-bond acceptors (Lipinski definition) is 3. The molecule has 1 heterocycles. The van der Waals surface area contributed by atoms with E-state index in [2.05, 4.69) is 22.1 Å². The van der Waals surface area contributed by atoms with Gasteiger partial charge in [-0.3, -0.25) is 9.78 Å². The minimum atomic E-state index is -0.0890. The Bertz CT molecular complexity index is 684. The second kappa shape index (κ2) is 7.22. The fourth-order valence-corrected chi connectivity index (χ4v) is 1.90. The lowest BCUT2D eigenvalue weighted by molar-refractivity contribution is -0.115. The van der Waals surface area contributed by atoms with E-state index in [9.17, 15) is 4.79 Å². The van der Waals surface area contributed by atoms with E-state index < -0.39 is 0 Å². The number of anilines is 1. The van der Waals surface area contributed by atoms with Crippen LogP contribution < -0.4 is 11.1 Å². The van der Waals surface area contributed by atoms with Crippen molar-refractivity contribution in [2.75, 3.05) is 11.9 Å². The highest BCUT2D eigenvalue weighted by molar-refractivity contribution is 5.92. The number of carbonyl (C=O) groups excluding carboxylic acids is 1. The second-order valence-electron chi connectivity index (χ2n) is 4.58. The fraction of sp³-hybridized carbons (Fsp3) is 0.176. The molecule has 2 rings (SSSR count). The SMILES string of the molecule is Cc1cc(NC(=O)Cc2ccccn2)ccc1C#CCN. The van der Waals surface area contributed by atoms with Crippen LogP contribution in [-0.4, -0.2) is 17.4 Å². The van der Waals surface area contributed by atoms with E-state index in [0.29, 0.717) is 6.54 Å². The third kappa shape index (κ3) is 4.44. The molecule has 1 aromatic heterocycles. The molecule has 106 valence electrons. The minimum absolute atomic E-state index is 0.0890. The molecule has 0 spiro atoms. The summed E-state index contributed by atoms with van der Waals surface area (Å²) in [5.74, 6) is 5.73. The number of benzene rings is 1. The molecule has 21 heavy (non-hydrogen) atoms. The smallest absolute Gasteiger partial charge is 0.230 e. The van der Waals surface area contributed by atoms with Gasteiger partial charge < -0.3 is 11.1 Å². The summed E-state index contributed by atoms with van der Waals surface area (Å²) < 4.78 is 0. The van der Waals surface area contributed by atoms with Crippen molar-refractivity contribution in [3.63, 3.8) is 0 Å². The maximum absolute atomic E-state index is 12.0. The highest BCUT2D eigenvalue weighted by atomic mass is 16.1. The van der Waals surface area contributed by atoms with E-state index in [-0.39, 0.29) is 12.3 Å². The van der Waals surface area contributed by atoms with Gasteiger partial charge in [-0.25, -0.2) is 0 Å². The van der Waals surface area contributed by atoms with Gasteiger partial charge in [0.2, 0.25) is 5.91 Å². The highest BCUT2D eigenvalue weighted by Crippen LogP contribution is 2.14. The molecule has 0 radical (unpaired) electrons. The number of aromatic nitrogens is 1. The van der Waals surface area contributed by atoms with Crippen molar-refractivity contribution in [3.8, 4) is 11.8 Å². The van der Waals surface area contributed by atoms with Crippen LogP contribution in [0.5, 0.6) is 0 Å². The molecule has 1 aromatic carbocycles. The molecule has 0 bridgehead atoms. The summed E-state index contributed by atoms with van der Waals surface area (Å²) in [4.78, 5) is 16.1. The number of aryl methyl sites for hydroxylation is 1. The predicted octanol–water partition coefficient (Wildman–Crippen LogP) is 1.88. The molecule has 0 aliphatic rings. The van der Waals surface area contributed by atoms with Crippen molar-refractivity contribution in [3.05, 3.63) is 59.4 Å². The molecule has 2 aromatic rings. The zero-order valence-electron chi connectivity index (χ0n) is 11.9.